The van der Waals surface area contributed by atoms with Gasteiger partial charge in [0.2, 0.25) is 0 Å². The molecule has 23 heavy (non-hydrogen) atoms. The van der Waals surface area contributed by atoms with Crippen LogP contribution in [0, 0.1) is 5.82 Å². The summed E-state index contributed by atoms with van der Waals surface area (Å²) in [5.41, 5.74) is 2.70. The fraction of sp³-hybridized carbons (Fsp3) is 0.375. The van der Waals surface area contributed by atoms with Crippen molar-refractivity contribution in [3.05, 3.63) is 34.7 Å². The Kier molecular flexibility index (Phi) is 3.39. The highest BCUT2D eigenvalue weighted by molar-refractivity contribution is 6.33. The Balaban J connectivity index is 1.91. The lowest BCUT2D eigenvalue weighted by atomic mass is 10.3. The van der Waals surface area contributed by atoms with Crippen molar-refractivity contribution in [2.45, 2.75) is 19.5 Å². The van der Waals surface area contributed by atoms with Gasteiger partial charge >= 0.3 is 0 Å². The third kappa shape index (κ3) is 2.24. The lowest BCUT2D eigenvalue weighted by molar-refractivity contribution is 0.332. The van der Waals surface area contributed by atoms with Crippen LogP contribution in [0.15, 0.2) is 18.2 Å². The van der Waals surface area contributed by atoms with Gasteiger partial charge in [-0.15, -0.1) is 0 Å². The summed E-state index contributed by atoms with van der Waals surface area (Å²) >= 11 is 6.60. The molecule has 0 spiro atoms. The number of fused-ring (bicyclic) bond motifs is 2. The van der Waals surface area contributed by atoms with Crippen LogP contribution in [-0.2, 0) is 20.1 Å². The number of hydrogen-bond donors (Lipinski definition) is 0. The molecule has 0 saturated carbocycles. The molecule has 1 aliphatic rings. The van der Waals surface area contributed by atoms with E-state index in [1.807, 2.05) is 22.4 Å². The van der Waals surface area contributed by atoms with E-state index in [0.29, 0.717) is 22.1 Å². The minimum absolute atomic E-state index is 0.332. The summed E-state index contributed by atoms with van der Waals surface area (Å²) in [7, 11) is 3.93. The van der Waals surface area contributed by atoms with Crippen molar-refractivity contribution in [1.82, 2.24) is 24.2 Å². The molecule has 0 amide bonds. The first-order chi connectivity index (χ1) is 11.1. The number of nitrogens with zero attached hydrogens (tertiary/aromatic N) is 5. The molecule has 0 unspecified atom stereocenters. The van der Waals surface area contributed by atoms with Crippen molar-refractivity contribution in [2.75, 3.05) is 13.6 Å². The normalized spacial score (nSPS) is 15.8. The van der Waals surface area contributed by atoms with Gasteiger partial charge in [-0.3, -0.25) is 4.68 Å². The largest absolute Gasteiger partial charge is 0.326 e. The standard InChI is InChI=1S/C16H17ClFN5/c1-21-7-4-8-23-12(9-21)13(17)15(20-23)16-19-14-10(18)5-3-6-11(14)22(16)2/h3,5-6H,4,7-9H2,1-2H3. The highest BCUT2D eigenvalue weighted by Crippen LogP contribution is 2.33. The van der Waals surface area contributed by atoms with Gasteiger partial charge in [0.1, 0.15) is 11.2 Å². The zero-order chi connectivity index (χ0) is 16.1. The number of aromatic nitrogens is 4. The number of hydrogen-bond acceptors (Lipinski definition) is 3. The van der Waals surface area contributed by atoms with Gasteiger partial charge in [-0.2, -0.15) is 5.10 Å². The first kappa shape index (κ1) is 14.7. The Labute approximate surface area is 138 Å². The maximum Gasteiger partial charge on any atom is 0.163 e. The molecule has 3 aromatic rings. The maximum atomic E-state index is 14.0. The van der Waals surface area contributed by atoms with E-state index in [-0.39, 0.29) is 5.82 Å². The fourth-order valence-corrected chi connectivity index (χ4v) is 3.45. The highest BCUT2D eigenvalue weighted by Gasteiger charge is 2.24. The Hall–Kier alpha value is -1.92. The van der Waals surface area contributed by atoms with Crippen molar-refractivity contribution >= 4 is 22.6 Å². The van der Waals surface area contributed by atoms with Crippen LogP contribution >= 0.6 is 11.6 Å². The second-order valence-corrected chi connectivity index (χ2v) is 6.40. The van der Waals surface area contributed by atoms with E-state index in [1.165, 1.54) is 6.07 Å². The summed E-state index contributed by atoms with van der Waals surface area (Å²) in [5.74, 6) is 0.263. The molecule has 1 aliphatic heterocycles. The molecular weight excluding hydrogens is 317 g/mol. The van der Waals surface area contributed by atoms with Crippen molar-refractivity contribution in [2.24, 2.45) is 7.05 Å². The fourth-order valence-electron chi connectivity index (χ4n) is 3.17. The molecule has 0 aliphatic carbocycles. The zero-order valence-corrected chi connectivity index (χ0v) is 13.8. The monoisotopic (exact) mass is 333 g/mol. The lowest BCUT2D eigenvalue weighted by Crippen LogP contribution is -2.17. The minimum Gasteiger partial charge on any atom is -0.326 e. The molecule has 2 aromatic heterocycles. The van der Waals surface area contributed by atoms with Crippen molar-refractivity contribution < 1.29 is 4.39 Å². The summed E-state index contributed by atoms with van der Waals surface area (Å²) in [6.07, 6.45) is 1.03. The second kappa shape index (κ2) is 5.32. The minimum atomic E-state index is -0.332. The van der Waals surface area contributed by atoms with Gasteiger partial charge in [-0.05, 0) is 25.6 Å². The van der Waals surface area contributed by atoms with Crippen molar-refractivity contribution in [1.29, 1.82) is 0 Å². The topological polar surface area (TPSA) is 38.9 Å². The molecule has 5 nitrogen and oxygen atoms in total. The van der Waals surface area contributed by atoms with Gasteiger partial charge in [0.15, 0.2) is 11.6 Å². The quantitative estimate of drug-likeness (QED) is 0.687. The molecule has 0 radical (unpaired) electrons. The number of halogens is 2. The van der Waals surface area contributed by atoms with E-state index in [0.717, 1.165) is 37.3 Å². The zero-order valence-electron chi connectivity index (χ0n) is 13.1. The number of para-hydroxylation sites is 1. The highest BCUT2D eigenvalue weighted by atomic mass is 35.5. The Bertz CT molecular complexity index is 898. The Morgan fingerprint density at radius 1 is 1.22 bits per heavy atom. The van der Waals surface area contributed by atoms with Crippen LogP contribution in [0.4, 0.5) is 4.39 Å². The van der Waals surface area contributed by atoms with Gasteiger partial charge in [-0.25, -0.2) is 9.37 Å². The van der Waals surface area contributed by atoms with Crippen molar-refractivity contribution in [3.63, 3.8) is 0 Å². The second-order valence-electron chi connectivity index (χ2n) is 6.03. The molecule has 0 saturated heterocycles. The van der Waals surface area contributed by atoms with E-state index in [4.69, 9.17) is 11.6 Å². The van der Waals surface area contributed by atoms with Crippen LogP contribution in [0.2, 0.25) is 5.02 Å². The van der Waals surface area contributed by atoms with Gasteiger partial charge < -0.3 is 9.47 Å². The van der Waals surface area contributed by atoms with Crippen LogP contribution in [0.5, 0.6) is 0 Å². The number of benzene rings is 1. The predicted molar refractivity (Wildman–Crippen MR) is 87.9 cm³/mol. The smallest absolute Gasteiger partial charge is 0.163 e. The summed E-state index contributed by atoms with van der Waals surface area (Å²) < 4.78 is 17.8. The van der Waals surface area contributed by atoms with Crippen LogP contribution in [0.1, 0.15) is 12.1 Å². The van der Waals surface area contributed by atoms with Gasteiger partial charge in [-0.1, -0.05) is 17.7 Å². The predicted octanol–water partition coefficient (Wildman–Crippen LogP) is 3.06. The third-order valence-electron chi connectivity index (χ3n) is 4.40. The first-order valence-electron chi connectivity index (χ1n) is 7.61. The van der Waals surface area contributed by atoms with Crippen LogP contribution in [-0.4, -0.2) is 37.8 Å². The lowest BCUT2D eigenvalue weighted by Gasteiger charge is -2.11. The van der Waals surface area contributed by atoms with Gasteiger partial charge in [0, 0.05) is 26.7 Å². The molecule has 0 N–H and O–H groups in total. The number of aryl methyl sites for hydroxylation is 2. The van der Waals surface area contributed by atoms with Crippen LogP contribution in [0.25, 0.3) is 22.6 Å². The van der Waals surface area contributed by atoms with E-state index in [1.54, 1.807) is 6.07 Å². The third-order valence-corrected chi connectivity index (χ3v) is 4.79. The average molecular weight is 334 g/mol. The van der Waals surface area contributed by atoms with Gasteiger partial charge in [0.25, 0.3) is 0 Å². The van der Waals surface area contributed by atoms with E-state index >= 15 is 0 Å². The molecular formula is C16H17ClFN5. The number of rotatable bonds is 1. The molecule has 3 heterocycles. The molecule has 7 heteroatoms. The van der Waals surface area contributed by atoms with E-state index < -0.39 is 0 Å². The summed E-state index contributed by atoms with van der Waals surface area (Å²) in [6, 6.07) is 4.94. The van der Waals surface area contributed by atoms with Crippen LogP contribution < -0.4 is 0 Å². The molecule has 4 rings (SSSR count). The van der Waals surface area contributed by atoms with E-state index in [9.17, 15) is 4.39 Å². The first-order valence-corrected chi connectivity index (χ1v) is 7.99. The SMILES string of the molecule is CN1CCCn2nc(-c3nc4c(F)cccc4n3C)c(Cl)c2C1. The van der Waals surface area contributed by atoms with Crippen molar-refractivity contribution in [3.8, 4) is 11.5 Å². The maximum absolute atomic E-state index is 14.0. The molecule has 120 valence electrons. The summed E-state index contributed by atoms with van der Waals surface area (Å²) in [4.78, 5) is 6.67. The average Bonchev–Trinajstić information content (AvgIpc) is 2.93. The Morgan fingerprint density at radius 3 is 2.83 bits per heavy atom. The van der Waals surface area contributed by atoms with E-state index in [2.05, 4.69) is 22.0 Å². The molecule has 0 fully saturated rings. The van der Waals surface area contributed by atoms with Crippen LogP contribution in [0.3, 0.4) is 0 Å². The Morgan fingerprint density at radius 2 is 2.04 bits per heavy atom. The number of imidazole rings is 1. The molecule has 0 atom stereocenters. The molecule has 0 bridgehead atoms. The molecule has 1 aromatic carbocycles. The summed E-state index contributed by atoms with van der Waals surface area (Å²) in [5, 5.41) is 5.26. The van der Waals surface area contributed by atoms with Gasteiger partial charge in [0.05, 0.1) is 16.2 Å². The summed E-state index contributed by atoms with van der Waals surface area (Å²) in [6.45, 7) is 2.61.